The van der Waals surface area contributed by atoms with Gasteiger partial charge >= 0.3 is 5.97 Å². The van der Waals surface area contributed by atoms with Gasteiger partial charge in [-0.25, -0.2) is 0 Å². The van der Waals surface area contributed by atoms with Crippen LogP contribution in [0.1, 0.15) is 38.2 Å². The summed E-state index contributed by atoms with van der Waals surface area (Å²) in [4.78, 5) is 10.7. The van der Waals surface area contributed by atoms with Crippen LogP contribution in [0.5, 0.6) is 0 Å². The molecule has 6 nitrogen and oxygen atoms in total. The molecule has 0 aliphatic rings. The first-order valence-electron chi connectivity index (χ1n) is 7.21. The van der Waals surface area contributed by atoms with Crippen molar-refractivity contribution in [1.29, 1.82) is 0 Å². The Morgan fingerprint density at radius 1 is 1.23 bits per heavy atom. The molecule has 1 rings (SSSR count). The number of hydrogen-bond acceptors (Lipinski definition) is 5. The van der Waals surface area contributed by atoms with Crippen molar-refractivity contribution >= 4 is 16.1 Å². The van der Waals surface area contributed by atoms with Crippen LogP contribution in [0, 0.1) is 6.92 Å². The van der Waals surface area contributed by atoms with E-state index in [4.69, 9.17) is 15.0 Å². The molecule has 0 aromatic heterocycles. The molecule has 0 saturated carbocycles. The Labute approximate surface area is 132 Å². The maximum atomic E-state index is 10.8. The van der Waals surface area contributed by atoms with Gasteiger partial charge in [0.1, 0.15) is 0 Å². The third kappa shape index (κ3) is 10.3. The van der Waals surface area contributed by atoms with Crippen molar-refractivity contribution in [2.75, 3.05) is 13.2 Å². The van der Waals surface area contributed by atoms with Crippen molar-refractivity contribution in [3.63, 3.8) is 0 Å². The molecule has 126 valence electrons. The van der Waals surface area contributed by atoms with Crippen molar-refractivity contribution in [2.24, 2.45) is 5.73 Å². The molecular formula is C15H25NO5S. The average molecular weight is 331 g/mol. The predicted octanol–water partition coefficient (Wildman–Crippen LogP) is 2.31. The van der Waals surface area contributed by atoms with Gasteiger partial charge in [0.15, 0.2) is 0 Å². The summed E-state index contributed by atoms with van der Waals surface area (Å²) in [5.41, 5.74) is 6.18. The summed E-state index contributed by atoms with van der Waals surface area (Å²) in [6.45, 7) is 5.02. The molecule has 0 aliphatic carbocycles. The van der Waals surface area contributed by atoms with Gasteiger partial charge in [0, 0.05) is 6.42 Å². The normalized spacial score (nSPS) is 10.5. The molecule has 1 aromatic rings. The maximum absolute atomic E-state index is 10.8. The van der Waals surface area contributed by atoms with Crippen molar-refractivity contribution < 1.29 is 22.5 Å². The summed E-state index contributed by atoms with van der Waals surface area (Å²) in [5, 5.41) is 0. The summed E-state index contributed by atoms with van der Waals surface area (Å²) in [7, 11) is -4.02. The second kappa shape index (κ2) is 11.2. The van der Waals surface area contributed by atoms with Crippen LogP contribution >= 0.6 is 0 Å². The van der Waals surface area contributed by atoms with Crippen LogP contribution in [0.15, 0.2) is 29.2 Å². The minimum absolute atomic E-state index is 0.0666. The lowest BCUT2D eigenvalue weighted by Gasteiger charge is -2.01. The number of carbonyl (C=O) groups excluding carboxylic acids is 1. The van der Waals surface area contributed by atoms with Gasteiger partial charge in [-0.3, -0.25) is 9.35 Å². The minimum atomic E-state index is -4.02. The number of benzene rings is 1. The Bertz CT molecular complexity index is 525. The zero-order chi connectivity index (χ0) is 17.0. The van der Waals surface area contributed by atoms with E-state index in [2.05, 4.69) is 6.92 Å². The zero-order valence-corrected chi connectivity index (χ0v) is 13.9. The second-order valence-electron chi connectivity index (χ2n) is 4.75. The van der Waals surface area contributed by atoms with Crippen molar-refractivity contribution in [1.82, 2.24) is 0 Å². The van der Waals surface area contributed by atoms with Gasteiger partial charge in [-0.1, -0.05) is 31.0 Å². The largest absolute Gasteiger partial charge is 0.466 e. The van der Waals surface area contributed by atoms with Gasteiger partial charge < -0.3 is 10.5 Å². The molecule has 0 spiro atoms. The van der Waals surface area contributed by atoms with Crippen LogP contribution in [0.4, 0.5) is 0 Å². The highest BCUT2D eigenvalue weighted by molar-refractivity contribution is 7.85. The fourth-order valence-electron chi connectivity index (χ4n) is 1.36. The van der Waals surface area contributed by atoms with Gasteiger partial charge in [0.2, 0.25) is 0 Å². The molecule has 0 atom stereocenters. The number of esters is 1. The van der Waals surface area contributed by atoms with Crippen LogP contribution in [0.25, 0.3) is 0 Å². The predicted molar refractivity (Wildman–Crippen MR) is 85.1 cm³/mol. The molecule has 1 aromatic carbocycles. The SMILES string of the molecule is CCCCOC(=O)CCCN.Cc1ccc(S(=O)(=O)O)cc1. The van der Waals surface area contributed by atoms with Crippen molar-refractivity contribution in [3.8, 4) is 0 Å². The number of unbranched alkanes of at least 4 members (excludes halogenated alkanes) is 1. The highest BCUT2D eigenvalue weighted by atomic mass is 32.2. The summed E-state index contributed by atoms with van der Waals surface area (Å²) in [6, 6.07) is 5.99. The van der Waals surface area contributed by atoms with E-state index in [9.17, 15) is 13.2 Å². The van der Waals surface area contributed by atoms with E-state index < -0.39 is 10.1 Å². The van der Waals surface area contributed by atoms with Gasteiger partial charge in [0.25, 0.3) is 10.1 Å². The molecule has 0 amide bonds. The van der Waals surface area contributed by atoms with E-state index in [-0.39, 0.29) is 10.9 Å². The number of rotatable bonds is 7. The van der Waals surface area contributed by atoms with Gasteiger partial charge in [-0.05, 0) is 38.4 Å². The summed E-state index contributed by atoms with van der Waals surface area (Å²) >= 11 is 0. The molecule has 22 heavy (non-hydrogen) atoms. The number of aryl methyl sites for hydroxylation is 1. The lowest BCUT2D eigenvalue weighted by atomic mass is 10.2. The third-order valence-corrected chi connectivity index (χ3v) is 3.53. The number of hydrogen-bond donors (Lipinski definition) is 2. The molecular weight excluding hydrogens is 306 g/mol. The van der Waals surface area contributed by atoms with E-state index in [1.165, 1.54) is 12.1 Å². The zero-order valence-electron chi connectivity index (χ0n) is 13.1. The van der Waals surface area contributed by atoms with Crippen LogP contribution in [-0.4, -0.2) is 32.1 Å². The molecule has 0 unspecified atom stereocenters. The molecule has 0 radical (unpaired) electrons. The van der Waals surface area contributed by atoms with E-state index in [1.807, 2.05) is 6.92 Å². The lowest BCUT2D eigenvalue weighted by molar-refractivity contribution is -0.143. The van der Waals surface area contributed by atoms with E-state index >= 15 is 0 Å². The average Bonchev–Trinajstić information content (AvgIpc) is 2.45. The first-order valence-corrected chi connectivity index (χ1v) is 8.65. The van der Waals surface area contributed by atoms with Crippen LogP contribution in [-0.2, 0) is 19.6 Å². The molecule has 0 heterocycles. The fourth-order valence-corrected chi connectivity index (χ4v) is 1.84. The Morgan fingerprint density at radius 2 is 1.82 bits per heavy atom. The lowest BCUT2D eigenvalue weighted by Crippen LogP contribution is -2.08. The number of nitrogens with two attached hydrogens (primary N) is 1. The maximum Gasteiger partial charge on any atom is 0.305 e. The number of carbonyl (C=O) groups is 1. The molecule has 0 fully saturated rings. The summed E-state index contributed by atoms with van der Waals surface area (Å²) in [6.07, 6.45) is 3.20. The monoisotopic (exact) mass is 331 g/mol. The highest BCUT2D eigenvalue weighted by Gasteiger charge is 2.06. The van der Waals surface area contributed by atoms with E-state index in [0.29, 0.717) is 19.6 Å². The first-order chi connectivity index (χ1) is 10.3. The summed E-state index contributed by atoms with van der Waals surface area (Å²) < 4.78 is 34.4. The molecule has 0 aliphatic heterocycles. The number of ether oxygens (including phenoxy) is 1. The fraction of sp³-hybridized carbons (Fsp3) is 0.533. The van der Waals surface area contributed by atoms with Crippen molar-refractivity contribution in [2.45, 2.75) is 44.4 Å². The second-order valence-corrected chi connectivity index (χ2v) is 6.18. The van der Waals surface area contributed by atoms with Crippen LogP contribution in [0.3, 0.4) is 0 Å². The smallest absolute Gasteiger partial charge is 0.305 e. The van der Waals surface area contributed by atoms with E-state index in [1.54, 1.807) is 12.1 Å². The summed E-state index contributed by atoms with van der Waals surface area (Å²) in [5.74, 6) is -0.121. The van der Waals surface area contributed by atoms with Crippen LogP contribution in [0.2, 0.25) is 0 Å². The molecule has 3 N–H and O–H groups in total. The van der Waals surface area contributed by atoms with E-state index in [0.717, 1.165) is 24.8 Å². The first kappa shape index (κ1) is 20.6. The molecule has 0 saturated heterocycles. The van der Waals surface area contributed by atoms with Crippen LogP contribution < -0.4 is 5.73 Å². The Kier molecular flexibility index (Phi) is 10.4. The molecule has 0 bridgehead atoms. The quantitative estimate of drug-likeness (QED) is 0.451. The van der Waals surface area contributed by atoms with Gasteiger partial charge in [-0.15, -0.1) is 0 Å². The molecule has 7 heteroatoms. The van der Waals surface area contributed by atoms with Crippen molar-refractivity contribution in [3.05, 3.63) is 29.8 Å². The Hall–Kier alpha value is -1.44. The third-order valence-electron chi connectivity index (χ3n) is 2.66. The van der Waals surface area contributed by atoms with Gasteiger partial charge in [0.05, 0.1) is 11.5 Å². The Morgan fingerprint density at radius 3 is 2.27 bits per heavy atom. The van der Waals surface area contributed by atoms with Gasteiger partial charge in [-0.2, -0.15) is 8.42 Å². The standard InChI is InChI=1S/C8H17NO2.C7H8O3S/c1-2-3-7-11-8(10)5-4-6-9;1-6-2-4-7(5-3-6)11(8,9)10/h2-7,9H2,1H3;2-5H,1H3,(H,8,9,10). The topological polar surface area (TPSA) is 107 Å². The highest BCUT2D eigenvalue weighted by Crippen LogP contribution is 2.08. The minimum Gasteiger partial charge on any atom is -0.466 e. The Balaban J connectivity index is 0.000000401.